The van der Waals surface area contributed by atoms with Crippen molar-refractivity contribution in [2.24, 2.45) is 0 Å². The maximum Gasteiger partial charge on any atom is 0.322 e. The van der Waals surface area contributed by atoms with E-state index in [0.29, 0.717) is 19.7 Å². The Morgan fingerprint density at radius 2 is 2.30 bits per heavy atom. The quantitative estimate of drug-likeness (QED) is 0.837. The van der Waals surface area contributed by atoms with Crippen LogP contribution in [-0.4, -0.2) is 36.9 Å². The highest BCUT2D eigenvalue weighted by Gasteiger charge is 2.26. The Bertz CT molecular complexity index is 673. The Kier molecular flexibility index (Phi) is 5.25. The first kappa shape index (κ1) is 16.4. The van der Waals surface area contributed by atoms with Crippen LogP contribution in [0, 0.1) is 6.92 Å². The number of urea groups is 1. The number of hydrogen-bond acceptors (Lipinski definition) is 4. The molecular weight excluding hydrogens is 328 g/mol. The number of carbonyl (C=O) groups is 1. The maximum absolute atomic E-state index is 12.7. The van der Waals surface area contributed by atoms with Crippen LogP contribution in [0.2, 0.25) is 0 Å². The second kappa shape index (κ2) is 7.38. The average Bonchev–Trinajstić information content (AvgIpc) is 3.11. The van der Waals surface area contributed by atoms with Crippen LogP contribution >= 0.6 is 23.1 Å². The smallest absolute Gasteiger partial charge is 0.322 e. The molecule has 6 heteroatoms. The Morgan fingerprint density at radius 3 is 3.04 bits per heavy atom. The molecule has 1 saturated heterocycles. The van der Waals surface area contributed by atoms with E-state index >= 15 is 0 Å². The molecule has 2 amide bonds. The Balaban J connectivity index is 1.71. The molecule has 1 aromatic heterocycles. The van der Waals surface area contributed by atoms with Crippen LogP contribution in [0.1, 0.15) is 17.2 Å². The lowest BCUT2D eigenvalue weighted by atomic mass is 10.1. The molecule has 1 aromatic carbocycles. The van der Waals surface area contributed by atoms with Crippen molar-refractivity contribution in [2.75, 3.05) is 31.3 Å². The van der Waals surface area contributed by atoms with Crippen molar-refractivity contribution < 1.29 is 9.53 Å². The van der Waals surface area contributed by atoms with Gasteiger partial charge in [-0.05, 0) is 47.2 Å². The van der Waals surface area contributed by atoms with Gasteiger partial charge in [0.1, 0.15) is 6.10 Å². The largest absolute Gasteiger partial charge is 0.370 e. The van der Waals surface area contributed by atoms with E-state index in [1.54, 1.807) is 23.1 Å². The SMILES string of the molecule is CSc1cccc(C)c1NC(=O)N1CCO[C@H](c2ccsc2)C1. The van der Waals surface area contributed by atoms with E-state index in [-0.39, 0.29) is 12.1 Å². The van der Waals surface area contributed by atoms with E-state index in [2.05, 4.69) is 16.8 Å². The van der Waals surface area contributed by atoms with Crippen molar-refractivity contribution in [3.63, 3.8) is 0 Å². The summed E-state index contributed by atoms with van der Waals surface area (Å²) in [6.07, 6.45) is 1.99. The predicted molar refractivity (Wildman–Crippen MR) is 96.6 cm³/mol. The molecule has 2 heterocycles. The number of nitrogens with zero attached hydrogens (tertiary/aromatic N) is 1. The number of thioether (sulfide) groups is 1. The topological polar surface area (TPSA) is 41.6 Å². The van der Waals surface area contributed by atoms with Crippen molar-refractivity contribution in [3.05, 3.63) is 46.2 Å². The van der Waals surface area contributed by atoms with Gasteiger partial charge in [-0.25, -0.2) is 4.79 Å². The number of ether oxygens (including phenoxy) is 1. The second-order valence-electron chi connectivity index (χ2n) is 5.44. The molecule has 0 bridgehead atoms. The fourth-order valence-electron chi connectivity index (χ4n) is 2.65. The third-order valence-electron chi connectivity index (χ3n) is 3.96. The lowest BCUT2D eigenvalue weighted by Gasteiger charge is -2.33. The minimum absolute atomic E-state index is 0.0300. The Labute approximate surface area is 144 Å². The predicted octanol–water partition coefficient (Wildman–Crippen LogP) is 4.38. The molecule has 0 radical (unpaired) electrons. The standard InChI is InChI=1S/C17H20N2O2S2/c1-12-4-3-5-15(22-2)16(12)18-17(20)19-7-8-21-14(10-19)13-6-9-23-11-13/h3-6,9,11,14H,7-8,10H2,1-2H3,(H,18,20)/t14-/m0/s1. The Hall–Kier alpha value is -1.50. The van der Waals surface area contributed by atoms with Gasteiger partial charge in [0.05, 0.1) is 18.8 Å². The third kappa shape index (κ3) is 3.71. The fraction of sp³-hybridized carbons (Fsp3) is 0.353. The van der Waals surface area contributed by atoms with Crippen molar-refractivity contribution in [1.29, 1.82) is 0 Å². The van der Waals surface area contributed by atoms with E-state index < -0.39 is 0 Å². The minimum atomic E-state index is -0.0573. The van der Waals surface area contributed by atoms with Gasteiger partial charge in [0.25, 0.3) is 0 Å². The van der Waals surface area contributed by atoms with E-state index in [4.69, 9.17) is 4.74 Å². The van der Waals surface area contributed by atoms with Crippen LogP contribution in [0.25, 0.3) is 0 Å². The Morgan fingerprint density at radius 1 is 1.43 bits per heavy atom. The summed E-state index contributed by atoms with van der Waals surface area (Å²) >= 11 is 3.29. The number of hydrogen-bond donors (Lipinski definition) is 1. The van der Waals surface area contributed by atoms with E-state index in [9.17, 15) is 4.79 Å². The number of amides is 2. The number of benzene rings is 1. The van der Waals surface area contributed by atoms with Crippen molar-refractivity contribution in [1.82, 2.24) is 4.90 Å². The number of carbonyl (C=O) groups excluding carboxylic acids is 1. The van der Waals surface area contributed by atoms with Crippen LogP contribution in [-0.2, 0) is 4.74 Å². The van der Waals surface area contributed by atoms with E-state index in [1.807, 2.05) is 41.7 Å². The highest BCUT2D eigenvalue weighted by molar-refractivity contribution is 7.98. The molecule has 1 aliphatic rings. The van der Waals surface area contributed by atoms with Gasteiger partial charge in [0.2, 0.25) is 0 Å². The van der Waals surface area contributed by atoms with Crippen LogP contribution in [0.5, 0.6) is 0 Å². The van der Waals surface area contributed by atoms with Crippen molar-refractivity contribution in [3.8, 4) is 0 Å². The molecule has 1 fully saturated rings. The number of aryl methyl sites for hydroxylation is 1. The normalized spacial score (nSPS) is 18.0. The molecule has 0 aliphatic carbocycles. The first-order valence-corrected chi connectivity index (χ1v) is 9.69. The van der Waals surface area contributed by atoms with Crippen LogP contribution in [0.3, 0.4) is 0 Å². The summed E-state index contributed by atoms with van der Waals surface area (Å²) in [6, 6.07) is 8.06. The fourth-order valence-corrected chi connectivity index (χ4v) is 3.98. The monoisotopic (exact) mass is 348 g/mol. The molecule has 0 spiro atoms. The lowest BCUT2D eigenvalue weighted by Crippen LogP contribution is -2.44. The number of para-hydroxylation sites is 1. The van der Waals surface area contributed by atoms with Gasteiger partial charge in [0, 0.05) is 11.4 Å². The van der Waals surface area contributed by atoms with Gasteiger partial charge in [-0.2, -0.15) is 11.3 Å². The molecule has 1 N–H and O–H groups in total. The van der Waals surface area contributed by atoms with Gasteiger partial charge in [-0.15, -0.1) is 11.8 Å². The molecule has 122 valence electrons. The van der Waals surface area contributed by atoms with Crippen LogP contribution in [0.15, 0.2) is 39.9 Å². The summed E-state index contributed by atoms with van der Waals surface area (Å²) in [5.74, 6) is 0. The summed E-state index contributed by atoms with van der Waals surface area (Å²) in [7, 11) is 0. The second-order valence-corrected chi connectivity index (χ2v) is 7.07. The summed E-state index contributed by atoms with van der Waals surface area (Å²) < 4.78 is 5.80. The van der Waals surface area contributed by atoms with Gasteiger partial charge in [0.15, 0.2) is 0 Å². The molecule has 0 unspecified atom stereocenters. The molecule has 1 aliphatic heterocycles. The van der Waals surface area contributed by atoms with E-state index in [1.165, 1.54) is 0 Å². The van der Waals surface area contributed by atoms with Crippen LogP contribution < -0.4 is 5.32 Å². The number of thiophene rings is 1. The van der Waals surface area contributed by atoms with Gasteiger partial charge in [-0.1, -0.05) is 12.1 Å². The number of rotatable bonds is 3. The zero-order chi connectivity index (χ0) is 16.2. The van der Waals surface area contributed by atoms with Gasteiger partial charge < -0.3 is 15.0 Å². The molecule has 1 atom stereocenters. The molecule has 0 saturated carbocycles. The first-order valence-electron chi connectivity index (χ1n) is 7.52. The zero-order valence-corrected chi connectivity index (χ0v) is 14.9. The van der Waals surface area contributed by atoms with Crippen molar-refractivity contribution in [2.45, 2.75) is 17.9 Å². The lowest BCUT2D eigenvalue weighted by molar-refractivity contribution is -0.0132. The summed E-state index contributed by atoms with van der Waals surface area (Å²) in [5, 5.41) is 7.20. The molecule has 23 heavy (non-hydrogen) atoms. The van der Waals surface area contributed by atoms with Gasteiger partial charge >= 0.3 is 6.03 Å². The molecular formula is C17H20N2O2S2. The number of nitrogens with one attached hydrogen (secondary N) is 1. The number of anilines is 1. The third-order valence-corrected chi connectivity index (χ3v) is 5.44. The van der Waals surface area contributed by atoms with Crippen molar-refractivity contribution >= 4 is 34.8 Å². The minimum Gasteiger partial charge on any atom is -0.370 e. The summed E-state index contributed by atoms with van der Waals surface area (Å²) in [5.41, 5.74) is 3.13. The van der Waals surface area contributed by atoms with E-state index in [0.717, 1.165) is 21.7 Å². The molecule has 4 nitrogen and oxygen atoms in total. The first-order chi connectivity index (χ1) is 11.2. The highest BCUT2D eigenvalue weighted by atomic mass is 32.2. The zero-order valence-electron chi connectivity index (χ0n) is 13.2. The van der Waals surface area contributed by atoms with Gasteiger partial charge in [-0.3, -0.25) is 0 Å². The molecule has 2 aromatic rings. The average molecular weight is 348 g/mol. The van der Waals surface area contributed by atoms with Crippen LogP contribution in [0.4, 0.5) is 10.5 Å². The molecule has 3 rings (SSSR count). The maximum atomic E-state index is 12.7. The summed E-state index contributed by atoms with van der Waals surface area (Å²) in [6.45, 7) is 3.79. The highest BCUT2D eigenvalue weighted by Crippen LogP contribution is 2.29. The summed E-state index contributed by atoms with van der Waals surface area (Å²) in [4.78, 5) is 15.6. The number of morpholine rings is 1.